The number of nitrogens with one attached hydrogen (secondary N) is 2. The van der Waals surface area contributed by atoms with Gasteiger partial charge in [-0.2, -0.15) is 0 Å². The number of rotatable bonds is 3. The normalized spacial score (nSPS) is 17.9. The van der Waals surface area contributed by atoms with E-state index < -0.39 is 5.54 Å². The smallest absolute Gasteiger partial charge is 0.245 e. The van der Waals surface area contributed by atoms with Crippen LogP contribution in [-0.2, 0) is 11.2 Å². The maximum Gasteiger partial charge on any atom is 0.245 e. The van der Waals surface area contributed by atoms with E-state index in [1.165, 1.54) is 0 Å². The van der Waals surface area contributed by atoms with Crippen molar-refractivity contribution in [2.24, 2.45) is 0 Å². The molecule has 0 atom stereocenters. The Labute approximate surface area is 120 Å². The summed E-state index contributed by atoms with van der Waals surface area (Å²) in [5.41, 5.74) is 0.375. The van der Waals surface area contributed by atoms with Crippen LogP contribution in [0.25, 0.3) is 0 Å². The fraction of sp³-hybridized carbons (Fsp3) is 0.643. The van der Waals surface area contributed by atoms with Gasteiger partial charge in [-0.05, 0) is 20.8 Å². The molecule has 1 aromatic rings. The molecule has 1 saturated heterocycles. The largest absolute Gasteiger partial charge is 0.373 e. The van der Waals surface area contributed by atoms with Crippen molar-refractivity contribution in [2.45, 2.75) is 39.7 Å². The Balaban J connectivity index is 2.53. The Morgan fingerprint density at radius 1 is 1.40 bits per heavy atom. The first-order valence-electron chi connectivity index (χ1n) is 7.03. The molecule has 1 fully saturated rings. The zero-order valence-corrected chi connectivity index (χ0v) is 12.9. The third kappa shape index (κ3) is 2.30. The van der Waals surface area contributed by atoms with Gasteiger partial charge in [0.2, 0.25) is 5.91 Å². The molecule has 0 spiro atoms. The van der Waals surface area contributed by atoms with E-state index in [2.05, 4.69) is 25.5 Å². The fourth-order valence-corrected chi connectivity index (χ4v) is 2.48. The van der Waals surface area contributed by atoms with Gasteiger partial charge < -0.3 is 15.5 Å². The van der Waals surface area contributed by atoms with Crippen LogP contribution in [0.4, 0.5) is 11.6 Å². The van der Waals surface area contributed by atoms with Crippen LogP contribution in [0.3, 0.4) is 0 Å². The third-order valence-electron chi connectivity index (χ3n) is 3.83. The molecule has 0 aliphatic carbocycles. The van der Waals surface area contributed by atoms with Crippen molar-refractivity contribution in [2.75, 3.05) is 30.4 Å². The second kappa shape index (κ2) is 5.26. The van der Waals surface area contributed by atoms with Gasteiger partial charge in [-0.1, -0.05) is 6.92 Å². The number of aryl methyl sites for hydroxylation is 1. The molecule has 20 heavy (non-hydrogen) atoms. The zero-order chi connectivity index (χ0) is 14.9. The number of hydrogen-bond acceptors (Lipinski definition) is 5. The summed E-state index contributed by atoms with van der Waals surface area (Å²) in [6.07, 6.45) is 0.766. The molecular formula is C14H23N5O. The summed E-state index contributed by atoms with van der Waals surface area (Å²) in [4.78, 5) is 23.3. The first-order valence-corrected chi connectivity index (χ1v) is 7.03. The molecule has 6 heteroatoms. The molecule has 0 aromatic carbocycles. The molecule has 2 rings (SSSR count). The number of anilines is 2. The van der Waals surface area contributed by atoms with Gasteiger partial charge in [0.1, 0.15) is 23.0 Å². The minimum Gasteiger partial charge on any atom is -0.373 e. The number of nitrogens with zero attached hydrogens (tertiary/aromatic N) is 3. The predicted molar refractivity (Wildman–Crippen MR) is 80.1 cm³/mol. The molecule has 1 aliphatic heterocycles. The highest BCUT2D eigenvalue weighted by Crippen LogP contribution is 2.30. The molecule has 2 N–H and O–H groups in total. The molecule has 110 valence electrons. The lowest BCUT2D eigenvalue weighted by Gasteiger charge is -2.42. The molecule has 0 radical (unpaired) electrons. The van der Waals surface area contributed by atoms with E-state index in [1.807, 2.05) is 34.7 Å². The predicted octanol–water partition coefficient (Wildman–Crippen LogP) is 1.10. The first-order chi connectivity index (χ1) is 9.41. The van der Waals surface area contributed by atoms with E-state index in [9.17, 15) is 4.79 Å². The summed E-state index contributed by atoms with van der Waals surface area (Å²) in [5.74, 6) is 2.50. The van der Waals surface area contributed by atoms with E-state index >= 15 is 0 Å². The zero-order valence-electron chi connectivity index (χ0n) is 12.9. The number of amides is 1. The Morgan fingerprint density at radius 2 is 2.10 bits per heavy atom. The molecule has 0 unspecified atom stereocenters. The quantitative estimate of drug-likeness (QED) is 0.866. The second-order valence-electron chi connectivity index (χ2n) is 5.51. The number of hydrogen-bond donors (Lipinski definition) is 2. The summed E-state index contributed by atoms with van der Waals surface area (Å²) in [6, 6.07) is 0. The van der Waals surface area contributed by atoms with E-state index in [1.54, 1.807) is 0 Å². The Hall–Kier alpha value is -1.85. The standard InChI is InChI=1S/C14H23N5O/c1-6-10-17-11(15-5)9(2)12(18-10)19-8-7-16-13(20)14(19,3)4/h6-8H2,1-5H3,(H,16,20)(H,15,17,18). The van der Waals surface area contributed by atoms with Gasteiger partial charge in [0.25, 0.3) is 0 Å². The lowest BCUT2D eigenvalue weighted by atomic mass is 9.98. The SMILES string of the molecule is CCc1nc(NC)c(C)c(N2CCNC(=O)C2(C)C)n1. The van der Waals surface area contributed by atoms with Crippen LogP contribution in [0.1, 0.15) is 32.2 Å². The van der Waals surface area contributed by atoms with Crippen molar-refractivity contribution in [1.82, 2.24) is 15.3 Å². The molecule has 0 bridgehead atoms. The van der Waals surface area contributed by atoms with Gasteiger partial charge in [-0.25, -0.2) is 9.97 Å². The minimum absolute atomic E-state index is 0.0332. The van der Waals surface area contributed by atoms with Crippen molar-refractivity contribution in [3.05, 3.63) is 11.4 Å². The first kappa shape index (κ1) is 14.6. The van der Waals surface area contributed by atoms with Crippen molar-refractivity contribution in [3.8, 4) is 0 Å². The summed E-state index contributed by atoms with van der Waals surface area (Å²) in [7, 11) is 1.85. The van der Waals surface area contributed by atoms with Crippen LogP contribution in [-0.4, -0.2) is 41.6 Å². The van der Waals surface area contributed by atoms with Crippen LogP contribution in [0.15, 0.2) is 0 Å². The van der Waals surface area contributed by atoms with Crippen LogP contribution < -0.4 is 15.5 Å². The van der Waals surface area contributed by atoms with Gasteiger partial charge in [-0.3, -0.25) is 4.79 Å². The van der Waals surface area contributed by atoms with Crippen LogP contribution >= 0.6 is 0 Å². The maximum atomic E-state index is 12.1. The number of aromatic nitrogens is 2. The van der Waals surface area contributed by atoms with Gasteiger partial charge in [-0.15, -0.1) is 0 Å². The van der Waals surface area contributed by atoms with Gasteiger partial charge in [0.05, 0.1) is 0 Å². The Bertz CT molecular complexity index is 527. The lowest BCUT2D eigenvalue weighted by Crippen LogP contribution is -2.62. The van der Waals surface area contributed by atoms with E-state index in [0.717, 1.165) is 36.0 Å². The van der Waals surface area contributed by atoms with Gasteiger partial charge in [0.15, 0.2) is 0 Å². The van der Waals surface area contributed by atoms with Gasteiger partial charge >= 0.3 is 0 Å². The van der Waals surface area contributed by atoms with Crippen LogP contribution in [0.2, 0.25) is 0 Å². The summed E-state index contributed by atoms with van der Waals surface area (Å²) in [5, 5.41) is 6.02. The maximum absolute atomic E-state index is 12.1. The van der Waals surface area contributed by atoms with Crippen LogP contribution in [0, 0.1) is 6.92 Å². The molecule has 1 amide bonds. The Kier molecular flexibility index (Phi) is 3.83. The van der Waals surface area contributed by atoms with Crippen molar-refractivity contribution in [3.63, 3.8) is 0 Å². The number of carbonyl (C=O) groups is 1. The molecular weight excluding hydrogens is 254 g/mol. The topological polar surface area (TPSA) is 70.2 Å². The van der Waals surface area contributed by atoms with E-state index in [0.29, 0.717) is 6.54 Å². The highest BCUT2D eigenvalue weighted by molar-refractivity contribution is 5.90. The summed E-state index contributed by atoms with van der Waals surface area (Å²) >= 11 is 0. The van der Waals surface area contributed by atoms with E-state index in [-0.39, 0.29) is 5.91 Å². The third-order valence-corrected chi connectivity index (χ3v) is 3.83. The van der Waals surface area contributed by atoms with Crippen LogP contribution in [0.5, 0.6) is 0 Å². The van der Waals surface area contributed by atoms with E-state index in [4.69, 9.17) is 0 Å². The molecule has 0 saturated carbocycles. The number of piperazine rings is 1. The average molecular weight is 277 g/mol. The molecule has 6 nitrogen and oxygen atoms in total. The minimum atomic E-state index is -0.604. The second-order valence-corrected chi connectivity index (χ2v) is 5.51. The monoisotopic (exact) mass is 277 g/mol. The molecule has 2 heterocycles. The van der Waals surface area contributed by atoms with Crippen molar-refractivity contribution >= 4 is 17.5 Å². The summed E-state index contributed by atoms with van der Waals surface area (Å²) in [6.45, 7) is 9.26. The number of carbonyl (C=O) groups excluding carboxylic acids is 1. The highest BCUT2D eigenvalue weighted by atomic mass is 16.2. The lowest BCUT2D eigenvalue weighted by molar-refractivity contribution is -0.126. The summed E-state index contributed by atoms with van der Waals surface area (Å²) < 4.78 is 0. The molecule has 1 aliphatic rings. The fourth-order valence-electron chi connectivity index (χ4n) is 2.48. The Morgan fingerprint density at radius 3 is 2.70 bits per heavy atom. The van der Waals surface area contributed by atoms with Crippen molar-refractivity contribution < 1.29 is 4.79 Å². The van der Waals surface area contributed by atoms with Gasteiger partial charge in [0, 0.05) is 32.1 Å². The average Bonchev–Trinajstić information content (AvgIpc) is 2.42. The highest BCUT2D eigenvalue weighted by Gasteiger charge is 2.39. The molecule has 1 aromatic heterocycles. The van der Waals surface area contributed by atoms with Crippen molar-refractivity contribution in [1.29, 1.82) is 0 Å².